The Morgan fingerprint density at radius 2 is 2.00 bits per heavy atom. The van der Waals surface area contributed by atoms with Crippen molar-refractivity contribution in [2.45, 2.75) is 33.3 Å². The molecule has 0 heterocycles. The van der Waals surface area contributed by atoms with Crippen LogP contribution in [0.1, 0.15) is 26.3 Å². The molecule has 15 heavy (non-hydrogen) atoms. The molecule has 0 radical (unpaired) electrons. The molecule has 2 nitrogen and oxygen atoms in total. The molecule has 1 aromatic rings. The van der Waals surface area contributed by atoms with Crippen LogP contribution in [0.25, 0.3) is 0 Å². The van der Waals surface area contributed by atoms with Crippen LogP contribution in [0.2, 0.25) is 0 Å². The van der Waals surface area contributed by atoms with Crippen LogP contribution in [0.15, 0.2) is 24.3 Å². The number of hydrogen-bond donors (Lipinski definition) is 1. The third-order valence-electron chi connectivity index (χ3n) is 2.56. The summed E-state index contributed by atoms with van der Waals surface area (Å²) < 4.78 is 5.14. The van der Waals surface area contributed by atoms with Gasteiger partial charge >= 0.3 is 0 Å². The van der Waals surface area contributed by atoms with E-state index in [0.29, 0.717) is 6.42 Å². The molecule has 1 rings (SSSR count). The summed E-state index contributed by atoms with van der Waals surface area (Å²) in [6.45, 7) is 6.12. The monoisotopic (exact) mass is 208 g/mol. The minimum Gasteiger partial charge on any atom is -0.497 e. The molecular weight excluding hydrogens is 188 g/mol. The van der Waals surface area contributed by atoms with Gasteiger partial charge in [0.2, 0.25) is 0 Å². The summed E-state index contributed by atoms with van der Waals surface area (Å²) in [4.78, 5) is 0. The van der Waals surface area contributed by atoms with Gasteiger partial charge in [-0.15, -0.1) is 0 Å². The van der Waals surface area contributed by atoms with Gasteiger partial charge in [0.25, 0.3) is 0 Å². The van der Waals surface area contributed by atoms with E-state index in [0.717, 1.165) is 11.3 Å². The second-order valence-electron chi connectivity index (χ2n) is 4.94. The van der Waals surface area contributed by atoms with E-state index in [1.807, 2.05) is 45.0 Å². The first kappa shape index (κ1) is 12.1. The van der Waals surface area contributed by atoms with Crippen LogP contribution in [0.4, 0.5) is 0 Å². The van der Waals surface area contributed by atoms with Crippen molar-refractivity contribution < 1.29 is 9.84 Å². The van der Waals surface area contributed by atoms with Gasteiger partial charge in [0.15, 0.2) is 0 Å². The molecule has 0 aliphatic carbocycles. The fourth-order valence-electron chi connectivity index (χ4n) is 1.33. The minimum absolute atomic E-state index is 0.0803. The molecule has 0 unspecified atom stereocenters. The molecule has 84 valence electrons. The summed E-state index contributed by atoms with van der Waals surface area (Å²) in [6, 6.07) is 7.84. The molecule has 0 fully saturated rings. The zero-order valence-corrected chi connectivity index (χ0v) is 9.95. The third kappa shape index (κ3) is 3.56. The molecular formula is C13H20O2. The van der Waals surface area contributed by atoms with E-state index in [9.17, 15) is 5.11 Å². The van der Waals surface area contributed by atoms with Gasteiger partial charge in [0.1, 0.15) is 5.75 Å². The van der Waals surface area contributed by atoms with Crippen LogP contribution in [0.5, 0.6) is 5.75 Å². The number of benzene rings is 1. The highest BCUT2D eigenvalue weighted by molar-refractivity contribution is 5.28. The summed E-state index contributed by atoms with van der Waals surface area (Å²) in [5.74, 6) is 0.841. The highest BCUT2D eigenvalue weighted by Crippen LogP contribution is 2.23. The normalized spacial score (nSPS) is 13.7. The largest absolute Gasteiger partial charge is 0.497 e. The molecule has 2 heteroatoms. The van der Waals surface area contributed by atoms with Crippen molar-refractivity contribution in [1.82, 2.24) is 0 Å². The molecule has 0 aliphatic rings. The van der Waals surface area contributed by atoms with E-state index in [2.05, 4.69) is 0 Å². The van der Waals surface area contributed by atoms with Gasteiger partial charge in [-0.1, -0.05) is 32.9 Å². The zero-order chi connectivity index (χ0) is 11.5. The summed E-state index contributed by atoms with van der Waals surface area (Å²) in [5, 5.41) is 9.96. The molecule has 0 saturated carbocycles. The lowest BCUT2D eigenvalue weighted by Crippen LogP contribution is -2.28. The first-order valence-corrected chi connectivity index (χ1v) is 5.24. The van der Waals surface area contributed by atoms with Crippen LogP contribution in [-0.4, -0.2) is 18.3 Å². The summed E-state index contributed by atoms with van der Waals surface area (Å²) in [6.07, 6.45) is 0.338. The highest BCUT2D eigenvalue weighted by Gasteiger charge is 2.22. The lowest BCUT2D eigenvalue weighted by molar-refractivity contribution is 0.0636. The maximum atomic E-state index is 9.96. The molecule has 0 saturated heterocycles. The van der Waals surface area contributed by atoms with Crippen molar-refractivity contribution >= 4 is 0 Å². The number of aliphatic hydroxyl groups excluding tert-OH is 1. The maximum Gasteiger partial charge on any atom is 0.119 e. The number of aliphatic hydroxyl groups is 1. The Labute approximate surface area is 91.9 Å². The first-order chi connectivity index (χ1) is 6.93. The van der Waals surface area contributed by atoms with Gasteiger partial charge < -0.3 is 9.84 Å². The molecule has 1 aromatic carbocycles. The van der Waals surface area contributed by atoms with E-state index >= 15 is 0 Å². The molecule has 1 atom stereocenters. The quantitative estimate of drug-likeness (QED) is 0.827. The Kier molecular flexibility index (Phi) is 3.75. The molecule has 0 spiro atoms. The van der Waals surface area contributed by atoms with Gasteiger partial charge in [-0.3, -0.25) is 0 Å². The van der Waals surface area contributed by atoms with Crippen molar-refractivity contribution in [3.05, 3.63) is 29.8 Å². The van der Waals surface area contributed by atoms with Crippen molar-refractivity contribution in [1.29, 1.82) is 0 Å². The molecule has 0 aliphatic heterocycles. The van der Waals surface area contributed by atoms with Crippen molar-refractivity contribution in [2.75, 3.05) is 7.11 Å². The standard InChI is InChI=1S/C13H20O2/c1-13(2,3)12(14)9-10-6-5-7-11(8-10)15-4/h5-8,12,14H,9H2,1-4H3/t12-/m0/s1. The predicted molar refractivity (Wildman–Crippen MR) is 62.2 cm³/mol. The van der Waals surface area contributed by atoms with E-state index in [1.165, 1.54) is 0 Å². The Bertz CT molecular complexity index is 313. The average molecular weight is 208 g/mol. The van der Waals surface area contributed by atoms with Crippen LogP contribution in [0.3, 0.4) is 0 Å². The topological polar surface area (TPSA) is 29.5 Å². The highest BCUT2D eigenvalue weighted by atomic mass is 16.5. The van der Waals surface area contributed by atoms with Gasteiger partial charge in [-0.2, -0.15) is 0 Å². The van der Waals surface area contributed by atoms with Gasteiger partial charge in [0, 0.05) is 0 Å². The minimum atomic E-state index is -0.329. The summed E-state index contributed by atoms with van der Waals surface area (Å²) in [7, 11) is 1.65. The van der Waals surface area contributed by atoms with Gasteiger partial charge in [-0.25, -0.2) is 0 Å². The number of methoxy groups -OCH3 is 1. The Hall–Kier alpha value is -1.02. The second-order valence-corrected chi connectivity index (χ2v) is 4.94. The number of ether oxygens (including phenoxy) is 1. The number of rotatable bonds is 3. The SMILES string of the molecule is COc1cccc(C[C@H](O)C(C)(C)C)c1. The van der Waals surface area contributed by atoms with Crippen LogP contribution in [-0.2, 0) is 6.42 Å². The Morgan fingerprint density at radius 1 is 1.33 bits per heavy atom. The van der Waals surface area contributed by atoms with Crippen molar-refractivity contribution in [3.63, 3.8) is 0 Å². The van der Waals surface area contributed by atoms with E-state index < -0.39 is 0 Å². The van der Waals surface area contributed by atoms with Gasteiger partial charge in [0.05, 0.1) is 13.2 Å². The lowest BCUT2D eigenvalue weighted by atomic mass is 9.85. The van der Waals surface area contributed by atoms with Crippen LogP contribution >= 0.6 is 0 Å². The summed E-state index contributed by atoms with van der Waals surface area (Å²) in [5.41, 5.74) is 1.03. The lowest BCUT2D eigenvalue weighted by Gasteiger charge is -2.25. The molecule has 0 amide bonds. The number of hydrogen-bond acceptors (Lipinski definition) is 2. The Balaban J connectivity index is 2.72. The van der Waals surface area contributed by atoms with Crippen molar-refractivity contribution in [3.8, 4) is 5.75 Å². The molecule has 0 bridgehead atoms. The fraction of sp³-hybridized carbons (Fsp3) is 0.538. The third-order valence-corrected chi connectivity index (χ3v) is 2.56. The summed E-state index contributed by atoms with van der Waals surface area (Å²) >= 11 is 0. The van der Waals surface area contributed by atoms with E-state index in [4.69, 9.17) is 4.74 Å². The average Bonchev–Trinajstić information content (AvgIpc) is 2.16. The second kappa shape index (κ2) is 4.67. The predicted octanol–water partition coefficient (Wildman–Crippen LogP) is 2.64. The van der Waals surface area contributed by atoms with Crippen LogP contribution < -0.4 is 4.74 Å². The molecule has 0 aromatic heterocycles. The Morgan fingerprint density at radius 3 is 2.53 bits per heavy atom. The maximum absolute atomic E-state index is 9.96. The zero-order valence-electron chi connectivity index (χ0n) is 9.95. The van der Waals surface area contributed by atoms with Crippen molar-refractivity contribution in [2.24, 2.45) is 5.41 Å². The smallest absolute Gasteiger partial charge is 0.119 e. The van der Waals surface area contributed by atoms with Crippen LogP contribution in [0, 0.1) is 5.41 Å². The fourth-order valence-corrected chi connectivity index (χ4v) is 1.33. The van der Waals surface area contributed by atoms with E-state index in [1.54, 1.807) is 7.11 Å². The molecule has 1 N–H and O–H groups in total. The van der Waals surface area contributed by atoms with E-state index in [-0.39, 0.29) is 11.5 Å². The first-order valence-electron chi connectivity index (χ1n) is 5.24. The van der Waals surface area contributed by atoms with Gasteiger partial charge in [-0.05, 0) is 29.5 Å².